The van der Waals surface area contributed by atoms with Gasteiger partial charge < -0.3 is 16.8 Å². The van der Waals surface area contributed by atoms with Crippen molar-refractivity contribution >= 4 is 17.5 Å². The molecule has 104 valence electrons. The van der Waals surface area contributed by atoms with Gasteiger partial charge in [-0.2, -0.15) is 0 Å². The monoisotopic (exact) mass is 267 g/mol. The third-order valence-corrected chi connectivity index (χ3v) is 3.21. The highest BCUT2D eigenvalue weighted by Crippen LogP contribution is 2.19. The first-order valence-electron chi connectivity index (χ1n) is 6.03. The number of rotatable bonds is 5. The fraction of sp³-hybridized carbons (Fsp3) is 0.385. The summed E-state index contributed by atoms with van der Waals surface area (Å²) in [5.74, 6) is -1.83. The molecule has 0 atom stereocenters. The predicted molar refractivity (Wildman–Crippen MR) is 71.0 cm³/mol. The molecule has 2 amide bonds. The van der Waals surface area contributed by atoms with E-state index in [1.807, 2.05) is 0 Å². The van der Waals surface area contributed by atoms with Crippen LogP contribution in [-0.4, -0.2) is 17.4 Å². The maximum absolute atomic E-state index is 13.6. The molecule has 0 spiro atoms. The number of nitrogens with two attached hydrogens (primary N) is 2. The molecule has 0 aliphatic rings. The second kappa shape index (κ2) is 5.79. The summed E-state index contributed by atoms with van der Waals surface area (Å²) in [6.45, 7) is 3.55. The molecule has 0 aliphatic heterocycles. The van der Waals surface area contributed by atoms with Crippen LogP contribution in [0.3, 0.4) is 0 Å². The summed E-state index contributed by atoms with van der Waals surface area (Å²) in [7, 11) is 0. The standard InChI is InChI=1S/C13H18FN3O2/c1-3-13(16,4-2)12(19)17-10-7-8(11(15)18)5-6-9(10)14/h5-7H,3-4,16H2,1-2H3,(H2,15,18)(H,17,19). The Morgan fingerprint density at radius 2 is 1.89 bits per heavy atom. The normalized spacial score (nSPS) is 11.2. The zero-order valence-corrected chi connectivity index (χ0v) is 11.0. The van der Waals surface area contributed by atoms with E-state index < -0.39 is 23.2 Å². The Labute approximate surface area is 111 Å². The van der Waals surface area contributed by atoms with Crippen molar-refractivity contribution in [2.75, 3.05) is 5.32 Å². The number of benzene rings is 1. The molecule has 5 nitrogen and oxygen atoms in total. The summed E-state index contributed by atoms with van der Waals surface area (Å²) in [5.41, 5.74) is 9.97. The first-order valence-corrected chi connectivity index (χ1v) is 6.03. The maximum Gasteiger partial charge on any atom is 0.248 e. The lowest BCUT2D eigenvalue weighted by Gasteiger charge is -2.25. The van der Waals surface area contributed by atoms with E-state index in [-0.39, 0.29) is 11.3 Å². The number of hydrogen-bond donors (Lipinski definition) is 3. The smallest absolute Gasteiger partial charge is 0.248 e. The first kappa shape index (κ1) is 15.1. The molecule has 0 saturated heterocycles. The van der Waals surface area contributed by atoms with Crippen molar-refractivity contribution in [3.63, 3.8) is 0 Å². The molecule has 5 N–H and O–H groups in total. The Hall–Kier alpha value is -1.95. The average molecular weight is 267 g/mol. The van der Waals surface area contributed by atoms with Crippen molar-refractivity contribution in [1.82, 2.24) is 0 Å². The van der Waals surface area contributed by atoms with Crippen molar-refractivity contribution < 1.29 is 14.0 Å². The fourth-order valence-corrected chi connectivity index (χ4v) is 1.59. The van der Waals surface area contributed by atoms with Crippen molar-refractivity contribution in [3.05, 3.63) is 29.6 Å². The van der Waals surface area contributed by atoms with Crippen LogP contribution in [-0.2, 0) is 4.79 Å². The summed E-state index contributed by atoms with van der Waals surface area (Å²) in [4.78, 5) is 23.0. The van der Waals surface area contributed by atoms with E-state index in [1.54, 1.807) is 13.8 Å². The van der Waals surface area contributed by atoms with Crippen LogP contribution in [0.5, 0.6) is 0 Å². The van der Waals surface area contributed by atoms with Crippen LogP contribution in [0.15, 0.2) is 18.2 Å². The average Bonchev–Trinajstić information content (AvgIpc) is 2.39. The van der Waals surface area contributed by atoms with Gasteiger partial charge >= 0.3 is 0 Å². The van der Waals surface area contributed by atoms with Gasteiger partial charge in [0.05, 0.1) is 11.2 Å². The second-order valence-electron chi connectivity index (χ2n) is 4.38. The van der Waals surface area contributed by atoms with Crippen LogP contribution in [0, 0.1) is 5.82 Å². The summed E-state index contributed by atoms with van der Waals surface area (Å²) >= 11 is 0. The van der Waals surface area contributed by atoms with E-state index in [2.05, 4.69) is 5.32 Å². The Morgan fingerprint density at radius 3 is 2.37 bits per heavy atom. The molecule has 6 heteroatoms. The van der Waals surface area contributed by atoms with Gasteiger partial charge in [0.1, 0.15) is 5.82 Å². The summed E-state index contributed by atoms with van der Waals surface area (Å²) < 4.78 is 13.6. The number of carbonyl (C=O) groups excluding carboxylic acids is 2. The topological polar surface area (TPSA) is 98.2 Å². The second-order valence-corrected chi connectivity index (χ2v) is 4.38. The Balaban J connectivity index is 3.02. The van der Waals surface area contributed by atoms with Crippen molar-refractivity contribution in [2.24, 2.45) is 11.5 Å². The predicted octanol–water partition coefficient (Wildman–Crippen LogP) is 1.38. The van der Waals surface area contributed by atoms with Gasteiger partial charge in [-0.25, -0.2) is 4.39 Å². The SMILES string of the molecule is CCC(N)(CC)C(=O)Nc1cc(C(N)=O)ccc1F. The number of carbonyl (C=O) groups is 2. The number of amides is 2. The summed E-state index contributed by atoms with van der Waals surface area (Å²) in [5, 5.41) is 2.40. The molecule has 0 aliphatic carbocycles. The number of hydrogen-bond acceptors (Lipinski definition) is 3. The van der Waals surface area contributed by atoms with Gasteiger partial charge in [-0.3, -0.25) is 9.59 Å². The first-order chi connectivity index (χ1) is 8.84. The molecule has 1 rings (SSSR count). The van der Waals surface area contributed by atoms with Gasteiger partial charge in [0, 0.05) is 5.56 Å². The zero-order chi connectivity index (χ0) is 14.6. The molecule has 0 heterocycles. The highest BCUT2D eigenvalue weighted by atomic mass is 19.1. The van der Waals surface area contributed by atoms with Crippen LogP contribution in [0.2, 0.25) is 0 Å². The van der Waals surface area contributed by atoms with Gasteiger partial charge in [-0.05, 0) is 31.0 Å². The summed E-state index contributed by atoms with van der Waals surface area (Å²) in [6, 6.07) is 3.52. The highest BCUT2D eigenvalue weighted by Gasteiger charge is 2.30. The lowest BCUT2D eigenvalue weighted by Crippen LogP contribution is -2.50. The number of anilines is 1. The van der Waals surface area contributed by atoms with E-state index >= 15 is 0 Å². The molecule has 0 unspecified atom stereocenters. The van der Waals surface area contributed by atoms with Gasteiger partial charge in [0.25, 0.3) is 0 Å². The largest absolute Gasteiger partial charge is 0.366 e. The lowest BCUT2D eigenvalue weighted by atomic mass is 9.93. The van der Waals surface area contributed by atoms with Crippen LogP contribution in [0.25, 0.3) is 0 Å². The quantitative estimate of drug-likeness (QED) is 0.751. The molecule has 1 aromatic rings. The third-order valence-electron chi connectivity index (χ3n) is 3.21. The van der Waals surface area contributed by atoms with Crippen LogP contribution >= 0.6 is 0 Å². The van der Waals surface area contributed by atoms with Gasteiger partial charge in [0.2, 0.25) is 11.8 Å². The van der Waals surface area contributed by atoms with Crippen molar-refractivity contribution in [3.8, 4) is 0 Å². The molecule has 0 radical (unpaired) electrons. The molecule has 0 fully saturated rings. The lowest BCUT2D eigenvalue weighted by molar-refractivity contribution is -0.121. The van der Waals surface area contributed by atoms with Crippen LogP contribution < -0.4 is 16.8 Å². The number of nitrogens with one attached hydrogen (secondary N) is 1. The van der Waals surface area contributed by atoms with E-state index in [1.165, 1.54) is 12.1 Å². The Kier molecular flexibility index (Phi) is 4.61. The highest BCUT2D eigenvalue weighted by molar-refractivity contribution is 5.99. The minimum atomic E-state index is -1.06. The van der Waals surface area contributed by atoms with E-state index in [9.17, 15) is 14.0 Å². The van der Waals surface area contributed by atoms with Crippen molar-refractivity contribution in [2.45, 2.75) is 32.2 Å². The molecule has 1 aromatic carbocycles. The number of halogens is 1. The van der Waals surface area contributed by atoms with E-state index in [4.69, 9.17) is 11.5 Å². The summed E-state index contributed by atoms with van der Waals surface area (Å²) in [6.07, 6.45) is 0.846. The van der Waals surface area contributed by atoms with E-state index in [0.717, 1.165) is 6.07 Å². The molecular formula is C13H18FN3O2. The van der Waals surface area contributed by atoms with Crippen LogP contribution in [0.4, 0.5) is 10.1 Å². The van der Waals surface area contributed by atoms with Gasteiger partial charge in [0.15, 0.2) is 0 Å². The molecular weight excluding hydrogens is 249 g/mol. The Bertz CT molecular complexity index is 499. The molecule has 0 saturated carbocycles. The third kappa shape index (κ3) is 3.29. The maximum atomic E-state index is 13.6. The van der Waals surface area contributed by atoms with Gasteiger partial charge in [-0.15, -0.1) is 0 Å². The molecule has 0 bridgehead atoms. The molecule has 0 aromatic heterocycles. The number of primary amides is 1. The Morgan fingerprint density at radius 1 is 1.32 bits per heavy atom. The minimum absolute atomic E-state index is 0.0991. The van der Waals surface area contributed by atoms with Crippen LogP contribution in [0.1, 0.15) is 37.0 Å². The molecule has 19 heavy (non-hydrogen) atoms. The zero-order valence-electron chi connectivity index (χ0n) is 11.0. The van der Waals surface area contributed by atoms with Gasteiger partial charge in [-0.1, -0.05) is 13.8 Å². The van der Waals surface area contributed by atoms with Crippen molar-refractivity contribution in [1.29, 1.82) is 0 Å². The minimum Gasteiger partial charge on any atom is -0.366 e. The van der Waals surface area contributed by atoms with E-state index in [0.29, 0.717) is 12.8 Å². The fourth-order valence-electron chi connectivity index (χ4n) is 1.59.